The fourth-order valence-electron chi connectivity index (χ4n) is 1.84. The molecule has 1 rings (SSSR count). The molecule has 0 fully saturated rings. The van der Waals surface area contributed by atoms with Gasteiger partial charge in [-0.25, -0.2) is 9.86 Å². The summed E-state index contributed by atoms with van der Waals surface area (Å²) >= 11 is 1.45. The van der Waals surface area contributed by atoms with Crippen molar-refractivity contribution in [3.63, 3.8) is 0 Å². The van der Waals surface area contributed by atoms with E-state index in [4.69, 9.17) is 4.84 Å². The highest BCUT2D eigenvalue weighted by Gasteiger charge is 2.39. The molecule has 0 aliphatic heterocycles. The molecule has 0 unspecified atom stereocenters. The Morgan fingerprint density at radius 3 is 2.42 bits per heavy atom. The van der Waals surface area contributed by atoms with Gasteiger partial charge in [0.1, 0.15) is 11.6 Å². The maximum absolute atomic E-state index is 12.5. The van der Waals surface area contributed by atoms with E-state index in [-0.39, 0.29) is 6.42 Å². The van der Waals surface area contributed by atoms with Gasteiger partial charge in [-0.3, -0.25) is 14.4 Å². The zero-order valence-electron chi connectivity index (χ0n) is 14.5. The van der Waals surface area contributed by atoms with Crippen LogP contribution in [0.4, 0.5) is 0 Å². The van der Waals surface area contributed by atoms with Crippen LogP contribution in [0.1, 0.15) is 40.2 Å². The number of hydrogen-bond donors (Lipinski definition) is 2. The van der Waals surface area contributed by atoms with Crippen LogP contribution >= 0.6 is 11.3 Å². The first-order valence-electron chi connectivity index (χ1n) is 7.46. The second kappa shape index (κ2) is 7.76. The molecule has 0 aliphatic carbocycles. The molecule has 0 aliphatic rings. The summed E-state index contributed by atoms with van der Waals surface area (Å²) < 4.78 is 0. The molecule has 0 saturated carbocycles. The second-order valence-corrected chi connectivity index (χ2v) is 7.67. The monoisotopic (exact) mass is 356 g/mol. The largest absolute Gasteiger partial charge is 0.480 e. The number of carbonyl (C=O) groups is 3. The van der Waals surface area contributed by atoms with E-state index in [1.165, 1.54) is 25.2 Å². The van der Waals surface area contributed by atoms with Crippen molar-refractivity contribution in [3.8, 4) is 0 Å². The normalized spacial score (nSPS) is 13.2. The number of amides is 2. The number of nitrogens with one attached hydrogen (secondary N) is 1. The fourth-order valence-corrected chi connectivity index (χ4v) is 2.52. The van der Waals surface area contributed by atoms with Crippen molar-refractivity contribution in [1.82, 2.24) is 10.4 Å². The molecule has 0 spiro atoms. The van der Waals surface area contributed by atoms with E-state index in [0.717, 1.165) is 10.6 Å². The Labute approximate surface area is 145 Å². The fraction of sp³-hybridized carbons (Fsp3) is 0.562. The standard InChI is InChI=1S/C16H24N2O5S/c1-15(2,3)23-18(10-19)16(4,5)14(22)17-12(13(20)21)8-11-6-7-24-9-11/h6-7,9-10,12H,8H2,1-5H3,(H,17,22)(H,20,21)/t12-/m1/s1. The van der Waals surface area contributed by atoms with Crippen molar-refractivity contribution in [2.45, 2.75) is 58.2 Å². The van der Waals surface area contributed by atoms with Gasteiger partial charge in [-0.2, -0.15) is 11.3 Å². The molecule has 7 nitrogen and oxygen atoms in total. The molecule has 2 N–H and O–H groups in total. The van der Waals surface area contributed by atoms with Crippen LogP contribution in [0.5, 0.6) is 0 Å². The molecule has 0 bridgehead atoms. The number of aliphatic carboxylic acids is 1. The second-order valence-electron chi connectivity index (χ2n) is 6.89. The lowest BCUT2D eigenvalue weighted by Crippen LogP contribution is -2.59. The lowest BCUT2D eigenvalue weighted by molar-refractivity contribution is -0.247. The highest BCUT2D eigenvalue weighted by molar-refractivity contribution is 7.07. The summed E-state index contributed by atoms with van der Waals surface area (Å²) in [6, 6.07) is 0.716. The Morgan fingerprint density at radius 2 is 2.00 bits per heavy atom. The molecule has 1 heterocycles. The first kappa shape index (κ1) is 20.1. The molecule has 2 amide bonds. The van der Waals surface area contributed by atoms with Crippen molar-refractivity contribution in [2.24, 2.45) is 0 Å². The molecule has 0 saturated heterocycles. The summed E-state index contributed by atoms with van der Waals surface area (Å²) in [6.45, 7) is 8.22. The van der Waals surface area contributed by atoms with Crippen LogP contribution in [0.25, 0.3) is 0 Å². The highest BCUT2D eigenvalue weighted by atomic mass is 32.1. The average Bonchev–Trinajstić information content (AvgIpc) is 2.95. The van der Waals surface area contributed by atoms with Gasteiger partial charge in [0.05, 0.1) is 5.60 Å². The molecular formula is C16H24N2O5S. The number of hydroxylamine groups is 2. The Balaban J connectivity index is 2.87. The summed E-state index contributed by atoms with van der Waals surface area (Å²) in [6.07, 6.45) is 0.585. The molecular weight excluding hydrogens is 332 g/mol. The predicted octanol–water partition coefficient (Wildman–Crippen LogP) is 1.83. The van der Waals surface area contributed by atoms with Crippen LogP contribution in [0.15, 0.2) is 16.8 Å². The summed E-state index contributed by atoms with van der Waals surface area (Å²) in [5.41, 5.74) is -1.22. The topological polar surface area (TPSA) is 95.9 Å². The first-order valence-corrected chi connectivity index (χ1v) is 8.40. The van der Waals surface area contributed by atoms with Gasteiger partial charge in [0.2, 0.25) is 12.3 Å². The van der Waals surface area contributed by atoms with Gasteiger partial charge < -0.3 is 10.4 Å². The minimum atomic E-state index is -1.36. The molecule has 0 radical (unpaired) electrons. The maximum Gasteiger partial charge on any atom is 0.326 e. The van der Waals surface area contributed by atoms with E-state index in [2.05, 4.69) is 5.32 Å². The molecule has 1 aromatic rings. The van der Waals surface area contributed by atoms with E-state index in [1.54, 1.807) is 26.8 Å². The third-order valence-electron chi connectivity index (χ3n) is 3.20. The van der Waals surface area contributed by atoms with Crippen molar-refractivity contribution in [3.05, 3.63) is 22.4 Å². The maximum atomic E-state index is 12.5. The smallest absolute Gasteiger partial charge is 0.326 e. The summed E-state index contributed by atoms with van der Waals surface area (Å²) in [7, 11) is 0. The van der Waals surface area contributed by atoms with Crippen molar-refractivity contribution in [1.29, 1.82) is 0 Å². The van der Waals surface area contributed by atoms with Crippen molar-refractivity contribution in [2.75, 3.05) is 0 Å². The number of thiophene rings is 1. The molecule has 0 aromatic carbocycles. The van der Waals surface area contributed by atoms with Gasteiger partial charge in [0, 0.05) is 6.42 Å². The third kappa shape index (κ3) is 5.61. The van der Waals surface area contributed by atoms with Crippen LogP contribution in [0.3, 0.4) is 0 Å². The van der Waals surface area contributed by atoms with Crippen LogP contribution in [-0.4, -0.2) is 45.6 Å². The molecule has 8 heteroatoms. The molecule has 1 aromatic heterocycles. The van der Waals surface area contributed by atoms with Crippen molar-refractivity contribution >= 4 is 29.6 Å². The molecule has 134 valence electrons. The molecule has 24 heavy (non-hydrogen) atoms. The van der Waals surface area contributed by atoms with E-state index < -0.39 is 29.1 Å². The quantitative estimate of drug-likeness (QED) is 0.547. The van der Waals surface area contributed by atoms with Gasteiger partial charge in [-0.1, -0.05) is 0 Å². The lowest BCUT2D eigenvalue weighted by Gasteiger charge is -2.37. The van der Waals surface area contributed by atoms with E-state index in [1.807, 2.05) is 10.8 Å². The summed E-state index contributed by atoms with van der Waals surface area (Å²) in [4.78, 5) is 40.8. The number of carboxylic acids is 1. The van der Waals surface area contributed by atoms with E-state index >= 15 is 0 Å². The minimum Gasteiger partial charge on any atom is -0.480 e. The summed E-state index contributed by atoms with van der Waals surface area (Å²) in [5.74, 6) is -1.75. The van der Waals surface area contributed by atoms with E-state index in [0.29, 0.717) is 6.41 Å². The number of hydrogen-bond acceptors (Lipinski definition) is 5. The Hall–Kier alpha value is -1.93. The van der Waals surface area contributed by atoms with Gasteiger partial charge in [0.15, 0.2) is 0 Å². The number of carboxylic acid groups (broad SMARTS) is 1. The third-order valence-corrected chi connectivity index (χ3v) is 3.93. The Morgan fingerprint density at radius 1 is 1.38 bits per heavy atom. The Kier molecular flexibility index (Phi) is 6.50. The highest BCUT2D eigenvalue weighted by Crippen LogP contribution is 2.20. The SMILES string of the molecule is CC(C)(C)ON(C=O)C(C)(C)C(=O)N[C@H](Cc1ccsc1)C(=O)O. The lowest BCUT2D eigenvalue weighted by atomic mass is 10.0. The predicted molar refractivity (Wildman–Crippen MR) is 90.4 cm³/mol. The van der Waals surface area contributed by atoms with Crippen molar-refractivity contribution < 1.29 is 24.3 Å². The van der Waals surface area contributed by atoms with Gasteiger partial charge in [0.25, 0.3) is 0 Å². The van der Waals surface area contributed by atoms with Crippen LogP contribution in [0.2, 0.25) is 0 Å². The van der Waals surface area contributed by atoms with Gasteiger partial charge in [-0.05, 0) is 57.0 Å². The van der Waals surface area contributed by atoms with E-state index in [9.17, 15) is 19.5 Å². The average molecular weight is 356 g/mol. The van der Waals surface area contributed by atoms with Gasteiger partial charge >= 0.3 is 5.97 Å². The molecule has 1 atom stereocenters. The van der Waals surface area contributed by atoms with Crippen LogP contribution in [-0.2, 0) is 25.6 Å². The minimum absolute atomic E-state index is 0.169. The number of rotatable bonds is 8. The summed E-state index contributed by atoms with van der Waals surface area (Å²) in [5, 5.41) is 16.4. The number of carbonyl (C=O) groups excluding carboxylic acids is 2. The number of nitrogens with zero attached hydrogens (tertiary/aromatic N) is 1. The van der Waals surface area contributed by atoms with Gasteiger partial charge in [-0.15, -0.1) is 0 Å². The Bertz CT molecular complexity index is 578. The zero-order valence-corrected chi connectivity index (χ0v) is 15.3. The first-order chi connectivity index (χ1) is 11.0. The van der Waals surface area contributed by atoms with Crippen LogP contribution < -0.4 is 5.32 Å². The van der Waals surface area contributed by atoms with Crippen LogP contribution in [0, 0.1) is 0 Å². The zero-order chi connectivity index (χ0) is 18.5.